The Bertz CT molecular complexity index is 1000. The van der Waals surface area contributed by atoms with E-state index in [1.54, 1.807) is 6.20 Å². The number of carbonyl (C=O) groups is 1. The molecular weight excluding hydrogens is 378 g/mol. The van der Waals surface area contributed by atoms with Crippen LogP contribution in [0.2, 0.25) is 4.34 Å². The molecule has 4 rings (SSSR count). The molecule has 4 aromatic heterocycles. The molecule has 0 aliphatic carbocycles. The van der Waals surface area contributed by atoms with Crippen molar-refractivity contribution in [3.05, 3.63) is 51.7 Å². The second kappa shape index (κ2) is 6.91. The monoisotopic (exact) mass is 389 g/mol. The number of fused-ring (bicyclic) bond motifs is 1. The first-order valence-corrected chi connectivity index (χ1v) is 9.51. The molecule has 0 bridgehead atoms. The van der Waals surface area contributed by atoms with Crippen LogP contribution in [-0.4, -0.2) is 25.8 Å². The summed E-state index contributed by atoms with van der Waals surface area (Å²) in [7, 11) is 0. The summed E-state index contributed by atoms with van der Waals surface area (Å²) >= 11 is 8.93. The fourth-order valence-electron chi connectivity index (χ4n) is 2.32. The molecule has 4 heterocycles. The van der Waals surface area contributed by atoms with E-state index in [1.165, 1.54) is 22.7 Å². The van der Waals surface area contributed by atoms with Gasteiger partial charge in [-0.3, -0.25) is 4.79 Å². The number of imidazole rings is 1. The van der Waals surface area contributed by atoms with E-state index < -0.39 is 0 Å². The standard InChI is InChI=1S/C16H12ClN5OS2/c17-12-4-3-11(25-12)16-20-9(8-24-16)6-14(23)19-7-13-21-10-2-1-5-18-15(10)22-13/h1-5,8H,6-7H2,(H,19,23)(H,18,21,22). The summed E-state index contributed by atoms with van der Waals surface area (Å²) in [5.74, 6) is 0.573. The quantitative estimate of drug-likeness (QED) is 0.545. The van der Waals surface area contributed by atoms with Gasteiger partial charge in [0.1, 0.15) is 10.8 Å². The number of carbonyl (C=O) groups excluding carboxylic acids is 1. The van der Waals surface area contributed by atoms with E-state index in [0.29, 0.717) is 18.0 Å². The summed E-state index contributed by atoms with van der Waals surface area (Å²) in [6.45, 7) is 0.326. The highest BCUT2D eigenvalue weighted by Gasteiger charge is 2.11. The summed E-state index contributed by atoms with van der Waals surface area (Å²) in [5, 5.41) is 5.62. The number of nitrogens with one attached hydrogen (secondary N) is 2. The first-order chi connectivity index (χ1) is 12.2. The second-order valence-electron chi connectivity index (χ2n) is 5.26. The van der Waals surface area contributed by atoms with Crippen LogP contribution in [0.3, 0.4) is 0 Å². The van der Waals surface area contributed by atoms with Gasteiger partial charge in [0, 0.05) is 11.6 Å². The molecule has 6 nitrogen and oxygen atoms in total. The van der Waals surface area contributed by atoms with Crippen LogP contribution in [0.1, 0.15) is 11.5 Å². The van der Waals surface area contributed by atoms with Crippen molar-refractivity contribution in [1.82, 2.24) is 25.3 Å². The Morgan fingerprint density at radius 3 is 3.00 bits per heavy atom. The molecule has 0 aliphatic heterocycles. The molecule has 0 radical (unpaired) electrons. The molecule has 0 unspecified atom stereocenters. The summed E-state index contributed by atoms with van der Waals surface area (Å²) in [6.07, 6.45) is 1.92. The van der Waals surface area contributed by atoms with Gasteiger partial charge in [-0.1, -0.05) is 11.6 Å². The molecule has 0 saturated carbocycles. The number of rotatable bonds is 5. The van der Waals surface area contributed by atoms with Gasteiger partial charge in [0.2, 0.25) is 5.91 Å². The largest absolute Gasteiger partial charge is 0.349 e. The minimum atomic E-state index is -0.102. The molecule has 9 heteroatoms. The minimum Gasteiger partial charge on any atom is -0.349 e. The van der Waals surface area contributed by atoms with Crippen LogP contribution in [0.4, 0.5) is 0 Å². The van der Waals surface area contributed by atoms with Crippen LogP contribution in [0.5, 0.6) is 0 Å². The number of aromatic amines is 1. The molecule has 0 aliphatic rings. The summed E-state index contributed by atoms with van der Waals surface area (Å²) < 4.78 is 0.727. The van der Waals surface area contributed by atoms with Crippen molar-refractivity contribution in [3.63, 3.8) is 0 Å². The average Bonchev–Trinajstić information content (AvgIpc) is 3.31. The molecule has 0 atom stereocenters. The zero-order chi connectivity index (χ0) is 17.2. The summed E-state index contributed by atoms with van der Waals surface area (Å²) in [4.78, 5) is 29.3. The van der Waals surface area contributed by atoms with Gasteiger partial charge in [0.05, 0.1) is 33.4 Å². The lowest BCUT2D eigenvalue weighted by atomic mass is 10.3. The SMILES string of the molecule is O=C(Cc1csc(-c2ccc(Cl)s2)n1)NCc1nc2ncccc2[nH]1. The van der Waals surface area contributed by atoms with Crippen molar-refractivity contribution in [2.45, 2.75) is 13.0 Å². The number of nitrogens with zero attached hydrogens (tertiary/aromatic N) is 3. The molecule has 0 saturated heterocycles. The van der Waals surface area contributed by atoms with Crippen LogP contribution in [0, 0.1) is 0 Å². The van der Waals surface area contributed by atoms with E-state index in [2.05, 4.69) is 25.3 Å². The van der Waals surface area contributed by atoms with Gasteiger partial charge in [-0.2, -0.15) is 0 Å². The number of pyridine rings is 1. The summed E-state index contributed by atoms with van der Waals surface area (Å²) in [6, 6.07) is 7.51. The Hall–Kier alpha value is -2.29. The van der Waals surface area contributed by atoms with E-state index in [-0.39, 0.29) is 12.3 Å². The minimum absolute atomic E-state index is 0.102. The number of aromatic nitrogens is 4. The third kappa shape index (κ3) is 3.71. The predicted octanol–water partition coefficient (Wildman–Crippen LogP) is 3.66. The maximum atomic E-state index is 12.1. The maximum Gasteiger partial charge on any atom is 0.226 e. The molecule has 25 heavy (non-hydrogen) atoms. The zero-order valence-electron chi connectivity index (χ0n) is 12.8. The number of hydrogen-bond donors (Lipinski definition) is 2. The van der Waals surface area contributed by atoms with Crippen molar-refractivity contribution in [3.8, 4) is 9.88 Å². The fourth-order valence-corrected chi connectivity index (χ4v) is 4.25. The molecule has 4 aromatic rings. The Balaban J connectivity index is 1.36. The molecule has 2 N–H and O–H groups in total. The molecule has 1 amide bonds. The van der Waals surface area contributed by atoms with Crippen LogP contribution < -0.4 is 5.32 Å². The summed E-state index contributed by atoms with van der Waals surface area (Å²) in [5.41, 5.74) is 2.24. The first-order valence-electron chi connectivity index (χ1n) is 7.44. The lowest BCUT2D eigenvalue weighted by Crippen LogP contribution is -2.25. The fraction of sp³-hybridized carbons (Fsp3) is 0.125. The molecule has 0 spiro atoms. The van der Waals surface area contributed by atoms with Gasteiger partial charge in [-0.25, -0.2) is 15.0 Å². The lowest BCUT2D eigenvalue weighted by molar-refractivity contribution is -0.120. The third-order valence-electron chi connectivity index (χ3n) is 3.44. The number of hydrogen-bond acceptors (Lipinski definition) is 6. The Labute approximate surface area is 155 Å². The van der Waals surface area contributed by atoms with Crippen molar-refractivity contribution in [2.24, 2.45) is 0 Å². The van der Waals surface area contributed by atoms with Crippen LogP contribution in [0.15, 0.2) is 35.8 Å². The van der Waals surface area contributed by atoms with Gasteiger partial charge < -0.3 is 10.3 Å². The first kappa shape index (κ1) is 16.2. The number of amides is 1. The average molecular weight is 390 g/mol. The van der Waals surface area contributed by atoms with Gasteiger partial charge in [-0.05, 0) is 24.3 Å². The van der Waals surface area contributed by atoms with Gasteiger partial charge in [0.15, 0.2) is 5.65 Å². The van der Waals surface area contributed by atoms with Gasteiger partial charge >= 0.3 is 0 Å². The maximum absolute atomic E-state index is 12.1. The normalized spacial score (nSPS) is 11.1. The predicted molar refractivity (Wildman–Crippen MR) is 99.9 cm³/mol. The highest BCUT2D eigenvalue weighted by atomic mass is 35.5. The van der Waals surface area contributed by atoms with Crippen molar-refractivity contribution < 1.29 is 4.79 Å². The van der Waals surface area contributed by atoms with Crippen molar-refractivity contribution >= 4 is 51.3 Å². The van der Waals surface area contributed by atoms with E-state index in [4.69, 9.17) is 11.6 Å². The van der Waals surface area contributed by atoms with E-state index in [0.717, 1.165) is 25.4 Å². The lowest BCUT2D eigenvalue weighted by Gasteiger charge is -2.01. The molecule has 0 aromatic carbocycles. The van der Waals surface area contributed by atoms with E-state index >= 15 is 0 Å². The Morgan fingerprint density at radius 2 is 2.20 bits per heavy atom. The van der Waals surface area contributed by atoms with Crippen LogP contribution in [0.25, 0.3) is 21.0 Å². The number of halogens is 1. The smallest absolute Gasteiger partial charge is 0.226 e. The number of H-pyrrole nitrogens is 1. The van der Waals surface area contributed by atoms with Gasteiger partial charge in [-0.15, -0.1) is 22.7 Å². The van der Waals surface area contributed by atoms with E-state index in [9.17, 15) is 4.79 Å². The zero-order valence-corrected chi connectivity index (χ0v) is 15.2. The van der Waals surface area contributed by atoms with E-state index in [1.807, 2.05) is 29.6 Å². The highest BCUT2D eigenvalue weighted by Crippen LogP contribution is 2.32. The van der Waals surface area contributed by atoms with Gasteiger partial charge in [0.25, 0.3) is 0 Å². The van der Waals surface area contributed by atoms with Crippen molar-refractivity contribution in [2.75, 3.05) is 0 Å². The molecule has 0 fully saturated rings. The molecule has 126 valence electrons. The van der Waals surface area contributed by atoms with Crippen molar-refractivity contribution in [1.29, 1.82) is 0 Å². The highest BCUT2D eigenvalue weighted by molar-refractivity contribution is 7.23. The topological polar surface area (TPSA) is 83.6 Å². The second-order valence-corrected chi connectivity index (χ2v) is 7.83. The number of thiazole rings is 1. The van der Waals surface area contributed by atoms with Crippen LogP contribution in [-0.2, 0) is 17.8 Å². The number of thiophene rings is 1. The van der Waals surface area contributed by atoms with Crippen LogP contribution >= 0.6 is 34.3 Å². The Kier molecular flexibility index (Phi) is 4.48. The Morgan fingerprint density at radius 1 is 1.28 bits per heavy atom. The molecular formula is C16H12ClN5OS2. The third-order valence-corrected chi connectivity index (χ3v) is 5.73.